The summed E-state index contributed by atoms with van der Waals surface area (Å²) in [6.07, 6.45) is 0.507. The quantitative estimate of drug-likeness (QED) is 0.763. The first-order valence-corrected chi connectivity index (χ1v) is 5.18. The summed E-state index contributed by atoms with van der Waals surface area (Å²) in [4.78, 5) is 11.5. The van der Waals surface area contributed by atoms with Crippen LogP contribution in [0.25, 0.3) is 0 Å². The molecule has 0 bridgehead atoms. The summed E-state index contributed by atoms with van der Waals surface area (Å²) in [5, 5.41) is 3.29. The summed E-state index contributed by atoms with van der Waals surface area (Å²) in [5.74, 6) is 0.138. The molecule has 1 fully saturated rings. The Morgan fingerprint density at radius 3 is 2.60 bits per heavy atom. The summed E-state index contributed by atoms with van der Waals surface area (Å²) in [5.41, 5.74) is 0.983. The third kappa shape index (κ3) is 2.23. The van der Waals surface area contributed by atoms with Crippen molar-refractivity contribution in [2.75, 3.05) is 6.54 Å². The SMILES string of the molecule is C[C@H]1CN[C@H](c2ccc(F)cc2)CC1=O. The van der Waals surface area contributed by atoms with Crippen LogP contribution in [0.2, 0.25) is 0 Å². The maximum atomic E-state index is 12.7. The van der Waals surface area contributed by atoms with E-state index in [4.69, 9.17) is 0 Å². The average Bonchev–Trinajstić information content (AvgIpc) is 2.23. The van der Waals surface area contributed by atoms with Gasteiger partial charge < -0.3 is 5.32 Å². The summed E-state index contributed by atoms with van der Waals surface area (Å²) in [6, 6.07) is 6.38. The summed E-state index contributed by atoms with van der Waals surface area (Å²) in [7, 11) is 0. The van der Waals surface area contributed by atoms with Crippen LogP contribution in [0.1, 0.15) is 24.9 Å². The molecule has 2 nitrogen and oxygen atoms in total. The Morgan fingerprint density at radius 1 is 1.33 bits per heavy atom. The number of Topliss-reactive ketones (excluding diaryl/α,β-unsaturated/α-hetero) is 1. The molecule has 1 aliphatic heterocycles. The first-order valence-electron chi connectivity index (χ1n) is 5.18. The molecule has 2 rings (SSSR count). The number of hydrogen-bond acceptors (Lipinski definition) is 2. The van der Waals surface area contributed by atoms with Crippen molar-refractivity contribution in [1.29, 1.82) is 0 Å². The molecule has 2 atom stereocenters. The van der Waals surface area contributed by atoms with Crippen molar-refractivity contribution in [1.82, 2.24) is 5.32 Å². The normalized spacial score (nSPS) is 26.7. The molecule has 0 saturated carbocycles. The number of rotatable bonds is 1. The molecule has 0 unspecified atom stereocenters. The minimum atomic E-state index is -0.241. The van der Waals surface area contributed by atoms with E-state index >= 15 is 0 Å². The maximum absolute atomic E-state index is 12.7. The molecular weight excluding hydrogens is 193 g/mol. The van der Waals surface area contributed by atoms with Crippen LogP contribution in [0.4, 0.5) is 4.39 Å². The Bertz CT molecular complexity index is 360. The van der Waals surface area contributed by atoms with Gasteiger partial charge in [-0.05, 0) is 17.7 Å². The number of piperidine rings is 1. The van der Waals surface area contributed by atoms with E-state index < -0.39 is 0 Å². The van der Waals surface area contributed by atoms with Gasteiger partial charge in [-0.3, -0.25) is 4.79 Å². The van der Waals surface area contributed by atoms with Crippen LogP contribution in [-0.2, 0) is 4.79 Å². The third-order valence-electron chi connectivity index (χ3n) is 2.90. The smallest absolute Gasteiger partial charge is 0.138 e. The van der Waals surface area contributed by atoms with E-state index in [9.17, 15) is 9.18 Å². The number of hydrogen-bond donors (Lipinski definition) is 1. The molecule has 0 aliphatic carbocycles. The van der Waals surface area contributed by atoms with Crippen molar-refractivity contribution in [3.63, 3.8) is 0 Å². The first-order chi connectivity index (χ1) is 7.16. The van der Waals surface area contributed by atoms with Gasteiger partial charge in [0.15, 0.2) is 0 Å². The fraction of sp³-hybridized carbons (Fsp3) is 0.417. The van der Waals surface area contributed by atoms with E-state index in [-0.39, 0.29) is 23.6 Å². The van der Waals surface area contributed by atoms with Gasteiger partial charge in [-0.25, -0.2) is 4.39 Å². The predicted molar refractivity (Wildman–Crippen MR) is 55.9 cm³/mol. The third-order valence-corrected chi connectivity index (χ3v) is 2.90. The van der Waals surface area contributed by atoms with Crippen LogP contribution >= 0.6 is 0 Å². The predicted octanol–water partition coefficient (Wildman–Crippen LogP) is 2.07. The van der Waals surface area contributed by atoms with E-state index in [1.165, 1.54) is 12.1 Å². The molecule has 1 aliphatic rings. The Balaban J connectivity index is 2.12. The first kappa shape index (κ1) is 10.3. The average molecular weight is 207 g/mol. The zero-order chi connectivity index (χ0) is 10.8. The van der Waals surface area contributed by atoms with Crippen LogP contribution in [0.5, 0.6) is 0 Å². The highest BCUT2D eigenvalue weighted by Crippen LogP contribution is 2.23. The van der Waals surface area contributed by atoms with Gasteiger partial charge in [0, 0.05) is 24.9 Å². The van der Waals surface area contributed by atoms with Crippen molar-refractivity contribution < 1.29 is 9.18 Å². The lowest BCUT2D eigenvalue weighted by Crippen LogP contribution is -2.37. The van der Waals surface area contributed by atoms with E-state index in [2.05, 4.69) is 5.32 Å². The summed E-state index contributed by atoms with van der Waals surface area (Å²) in [6.45, 7) is 2.64. The van der Waals surface area contributed by atoms with Gasteiger partial charge in [0.05, 0.1) is 0 Å². The number of carbonyl (C=O) groups excluding carboxylic acids is 1. The van der Waals surface area contributed by atoms with Crippen LogP contribution in [0.15, 0.2) is 24.3 Å². The van der Waals surface area contributed by atoms with Crippen LogP contribution in [0.3, 0.4) is 0 Å². The molecule has 0 spiro atoms. The molecule has 1 heterocycles. The van der Waals surface area contributed by atoms with Crippen LogP contribution in [-0.4, -0.2) is 12.3 Å². The molecule has 1 aromatic rings. The standard InChI is InChI=1S/C12H14FNO/c1-8-7-14-11(6-12(8)15)9-2-4-10(13)5-3-9/h2-5,8,11,14H,6-7H2,1H3/t8-,11-/m0/s1. The zero-order valence-electron chi connectivity index (χ0n) is 8.66. The van der Waals surface area contributed by atoms with E-state index in [0.29, 0.717) is 13.0 Å². The number of halogens is 1. The van der Waals surface area contributed by atoms with E-state index in [1.807, 2.05) is 6.92 Å². The molecule has 1 N–H and O–H groups in total. The Kier molecular flexibility index (Phi) is 2.82. The second kappa shape index (κ2) is 4.11. The van der Waals surface area contributed by atoms with Crippen LogP contribution < -0.4 is 5.32 Å². The highest BCUT2D eigenvalue weighted by molar-refractivity contribution is 5.82. The van der Waals surface area contributed by atoms with Crippen molar-refractivity contribution in [3.8, 4) is 0 Å². The second-order valence-corrected chi connectivity index (χ2v) is 4.08. The fourth-order valence-electron chi connectivity index (χ4n) is 1.84. The molecule has 80 valence electrons. The van der Waals surface area contributed by atoms with Gasteiger partial charge in [0.25, 0.3) is 0 Å². The molecule has 15 heavy (non-hydrogen) atoms. The van der Waals surface area contributed by atoms with E-state index in [0.717, 1.165) is 5.56 Å². The van der Waals surface area contributed by atoms with Crippen LogP contribution in [0, 0.1) is 11.7 Å². The fourth-order valence-corrected chi connectivity index (χ4v) is 1.84. The van der Waals surface area contributed by atoms with Crippen molar-refractivity contribution in [3.05, 3.63) is 35.6 Å². The molecule has 1 aromatic carbocycles. The topological polar surface area (TPSA) is 29.1 Å². The van der Waals surface area contributed by atoms with Crippen molar-refractivity contribution in [2.24, 2.45) is 5.92 Å². The van der Waals surface area contributed by atoms with Gasteiger partial charge in [-0.2, -0.15) is 0 Å². The molecule has 3 heteroatoms. The van der Waals surface area contributed by atoms with E-state index in [1.54, 1.807) is 12.1 Å². The lowest BCUT2D eigenvalue weighted by Gasteiger charge is -2.27. The number of nitrogens with one attached hydrogen (secondary N) is 1. The maximum Gasteiger partial charge on any atom is 0.138 e. The molecule has 1 saturated heterocycles. The van der Waals surface area contributed by atoms with Gasteiger partial charge >= 0.3 is 0 Å². The van der Waals surface area contributed by atoms with Crippen molar-refractivity contribution in [2.45, 2.75) is 19.4 Å². The van der Waals surface area contributed by atoms with Crippen molar-refractivity contribution >= 4 is 5.78 Å². The molecule has 0 radical (unpaired) electrons. The minimum Gasteiger partial charge on any atom is -0.309 e. The number of benzene rings is 1. The molecule has 0 amide bonds. The Hall–Kier alpha value is -1.22. The highest BCUT2D eigenvalue weighted by atomic mass is 19.1. The lowest BCUT2D eigenvalue weighted by molar-refractivity contribution is -0.124. The number of carbonyl (C=O) groups is 1. The second-order valence-electron chi connectivity index (χ2n) is 4.08. The monoisotopic (exact) mass is 207 g/mol. The Morgan fingerprint density at radius 2 is 2.00 bits per heavy atom. The minimum absolute atomic E-state index is 0.0503. The zero-order valence-corrected chi connectivity index (χ0v) is 8.66. The number of ketones is 1. The molecular formula is C12H14FNO. The van der Waals surface area contributed by atoms with Gasteiger partial charge in [-0.15, -0.1) is 0 Å². The lowest BCUT2D eigenvalue weighted by atomic mass is 9.91. The van der Waals surface area contributed by atoms with Gasteiger partial charge in [0.1, 0.15) is 11.6 Å². The molecule has 0 aromatic heterocycles. The van der Waals surface area contributed by atoms with Gasteiger partial charge in [0.2, 0.25) is 0 Å². The highest BCUT2D eigenvalue weighted by Gasteiger charge is 2.25. The summed E-state index contributed by atoms with van der Waals surface area (Å²) < 4.78 is 12.7. The largest absolute Gasteiger partial charge is 0.309 e. The Labute approximate surface area is 88.5 Å². The van der Waals surface area contributed by atoms with Gasteiger partial charge in [-0.1, -0.05) is 19.1 Å². The summed E-state index contributed by atoms with van der Waals surface area (Å²) >= 11 is 0.